The molecule has 194 valence electrons. The van der Waals surface area contributed by atoms with Crippen molar-refractivity contribution >= 4 is 29.1 Å². The van der Waals surface area contributed by atoms with E-state index in [1.165, 1.54) is 19.3 Å². The summed E-state index contributed by atoms with van der Waals surface area (Å²) in [6.07, 6.45) is 2.98. The first-order chi connectivity index (χ1) is 17.6. The van der Waals surface area contributed by atoms with E-state index < -0.39 is 5.91 Å². The van der Waals surface area contributed by atoms with E-state index in [1.807, 2.05) is 12.1 Å². The van der Waals surface area contributed by atoms with Crippen molar-refractivity contribution in [1.82, 2.24) is 10.3 Å². The highest BCUT2D eigenvalue weighted by Crippen LogP contribution is 2.30. The third kappa shape index (κ3) is 7.54. The molecule has 3 aromatic rings. The van der Waals surface area contributed by atoms with Crippen LogP contribution in [0.5, 0.6) is 11.5 Å². The van der Waals surface area contributed by atoms with Gasteiger partial charge in [-0.05, 0) is 53.4 Å². The zero-order valence-corrected chi connectivity index (χ0v) is 21.7. The number of carbonyl (C=O) groups is 3. The first-order valence-corrected chi connectivity index (χ1v) is 11.8. The minimum Gasteiger partial charge on any atom is -0.497 e. The minimum atomic E-state index is -0.416. The van der Waals surface area contributed by atoms with Gasteiger partial charge in [-0.25, -0.2) is 0 Å². The summed E-state index contributed by atoms with van der Waals surface area (Å²) >= 11 is 0. The minimum absolute atomic E-state index is 0.158. The van der Waals surface area contributed by atoms with Crippen molar-refractivity contribution in [3.8, 4) is 11.5 Å². The Morgan fingerprint density at radius 1 is 0.919 bits per heavy atom. The van der Waals surface area contributed by atoms with Crippen molar-refractivity contribution in [1.29, 1.82) is 0 Å². The van der Waals surface area contributed by atoms with Gasteiger partial charge in [-0.15, -0.1) is 0 Å². The van der Waals surface area contributed by atoms with E-state index in [0.29, 0.717) is 40.5 Å². The number of anilines is 2. The molecule has 0 bridgehead atoms. The number of rotatable bonds is 9. The van der Waals surface area contributed by atoms with Crippen LogP contribution in [0.3, 0.4) is 0 Å². The fourth-order valence-corrected chi connectivity index (χ4v) is 3.41. The molecule has 1 heterocycles. The summed E-state index contributed by atoms with van der Waals surface area (Å²) in [6, 6.07) is 13.7. The molecule has 0 saturated carbocycles. The quantitative estimate of drug-likeness (QED) is 0.372. The topological polar surface area (TPSA) is 119 Å². The van der Waals surface area contributed by atoms with Gasteiger partial charge in [0.1, 0.15) is 18.1 Å². The standard InChI is InChI=1S/C28H32N4O5/c1-18(33)30-14-15-37-25-16-20(28(2,3)4)8-11-22(25)27(35)31-23-12-13-29-17-24(23)32-26(34)19-6-9-21(36-5)10-7-19/h6-13,16-17H,14-15H2,1-5H3,(H,30,33)(H,32,34)(H,29,31,35). The Bertz CT molecular complexity index is 1270. The van der Waals surface area contributed by atoms with Gasteiger partial charge in [-0.2, -0.15) is 0 Å². The molecule has 3 rings (SSSR count). The Balaban J connectivity index is 1.81. The van der Waals surface area contributed by atoms with E-state index in [4.69, 9.17) is 9.47 Å². The molecule has 0 aliphatic heterocycles. The van der Waals surface area contributed by atoms with E-state index in [-0.39, 0.29) is 23.8 Å². The molecule has 0 saturated heterocycles. The molecular formula is C28H32N4O5. The van der Waals surface area contributed by atoms with Crippen LogP contribution in [-0.4, -0.2) is 43.0 Å². The summed E-state index contributed by atoms with van der Waals surface area (Å²) in [7, 11) is 1.55. The van der Waals surface area contributed by atoms with Crippen molar-refractivity contribution in [3.63, 3.8) is 0 Å². The number of pyridine rings is 1. The molecule has 2 aromatic carbocycles. The fraction of sp³-hybridized carbons (Fsp3) is 0.286. The third-order valence-electron chi connectivity index (χ3n) is 5.50. The smallest absolute Gasteiger partial charge is 0.259 e. The molecule has 0 fully saturated rings. The number of amides is 3. The lowest BCUT2D eigenvalue weighted by molar-refractivity contribution is -0.119. The number of hydrogen-bond acceptors (Lipinski definition) is 6. The van der Waals surface area contributed by atoms with Crippen LogP contribution < -0.4 is 25.4 Å². The molecule has 0 aliphatic rings. The van der Waals surface area contributed by atoms with E-state index in [9.17, 15) is 14.4 Å². The lowest BCUT2D eigenvalue weighted by atomic mass is 9.86. The van der Waals surface area contributed by atoms with Crippen LogP contribution >= 0.6 is 0 Å². The summed E-state index contributed by atoms with van der Waals surface area (Å²) in [5, 5.41) is 8.31. The zero-order valence-electron chi connectivity index (χ0n) is 21.7. The van der Waals surface area contributed by atoms with Crippen molar-refractivity contribution in [2.45, 2.75) is 33.1 Å². The first kappa shape index (κ1) is 27.2. The lowest BCUT2D eigenvalue weighted by Crippen LogP contribution is -2.26. The Hall–Kier alpha value is -4.40. The molecular weight excluding hydrogens is 472 g/mol. The number of ether oxygens (including phenoxy) is 2. The maximum absolute atomic E-state index is 13.3. The van der Waals surface area contributed by atoms with Crippen LogP contribution in [0.4, 0.5) is 11.4 Å². The van der Waals surface area contributed by atoms with Gasteiger partial charge in [0.15, 0.2) is 0 Å². The molecule has 0 atom stereocenters. The predicted molar refractivity (Wildman–Crippen MR) is 142 cm³/mol. The number of nitrogens with zero attached hydrogens (tertiary/aromatic N) is 1. The molecule has 0 radical (unpaired) electrons. The number of aromatic nitrogens is 1. The third-order valence-corrected chi connectivity index (χ3v) is 5.50. The molecule has 9 nitrogen and oxygen atoms in total. The van der Waals surface area contributed by atoms with E-state index in [0.717, 1.165) is 5.56 Å². The van der Waals surface area contributed by atoms with Gasteiger partial charge in [-0.1, -0.05) is 26.8 Å². The number of hydrogen-bond donors (Lipinski definition) is 3. The summed E-state index contributed by atoms with van der Waals surface area (Å²) in [4.78, 5) is 41.3. The van der Waals surface area contributed by atoms with Crippen LogP contribution in [0.2, 0.25) is 0 Å². The van der Waals surface area contributed by atoms with Gasteiger partial charge in [0, 0.05) is 18.7 Å². The molecule has 3 N–H and O–H groups in total. The summed E-state index contributed by atoms with van der Waals surface area (Å²) < 4.78 is 11.0. The summed E-state index contributed by atoms with van der Waals surface area (Å²) in [5.41, 5.74) is 2.31. The molecule has 3 amide bonds. The predicted octanol–water partition coefficient (Wildman–Crippen LogP) is 4.41. The van der Waals surface area contributed by atoms with E-state index in [2.05, 4.69) is 41.7 Å². The summed E-state index contributed by atoms with van der Waals surface area (Å²) in [6.45, 7) is 8.14. The van der Waals surface area contributed by atoms with E-state index in [1.54, 1.807) is 43.5 Å². The van der Waals surface area contributed by atoms with Crippen molar-refractivity contribution < 1.29 is 23.9 Å². The second-order valence-corrected chi connectivity index (χ2v) is 9.35. The number of methoxy groups -OCH3 is 1. The van der Waals surface area contributed by atoms with Gasteiger partial charge < -0.3 is 25.4 Å². The van der Waals surface area contributed by atoms with Crippen molar-refractivity contribution in [2.75, 3.05) is 30.9 Å². The second kappa shape index (κ2) is 12.0. The molecule has 37 heavy (non-hydrogen) atoms. The average Bonchev–Trinajstić information content (AvgIpc) is 2.87. The van der Waals surface area contributed by atoms with Crippen LogP contribution in [-0.2, 0) is 10.2 Å². The zero-order chi connectivity index (χ0) is 27.0. The highest BCUT2D eigenvalue weighted by molar-refractivity contribution is 6.10. The second-order valence-electron chi connectivity index (χ2n) is 9.35. The Kier molecular flexibility index (Phi) is 8.84. The maximum atomic E-state index is 13.3. The Morgan fingerprint density at radius 3 is 2.27 bits per heavy atom. The van der Waals surface area contributed by atoms with Crippen LogP contribution in [0, 0.1) is 0 Å². The van der Waals surface area contributed by atoms with Gasteiger partial charge in [0.05, 0.1) is 36.8 Å². The average molecular weight is 505 g/mol. The number of benzene rings is 2. The number of nitrogens with one attached hydrogen (secondary N) is 3. The highest BCUT2D eigenvalue weighted by Gasteiger charge is 2.20. The van der Waals surface area contributed by atoms with E-state index >= 15 is 0 Å². The Labute approximate surface area is 216 Å². The van der Waals surface area contributed by atoms with Crippen LogP contribution in [0.1, 0.15) is 54.0 Å². The summed E-state index contributed by atoms with van der Waals surface area (Å²) in [5.74, 6) is 0.0994. The first-order valence-electron chi connectivity index (χ1n) is 11.8. The lowest BCUT2D eigenvalue weighted by Gasteiger charge is -2.21. The molecule has 1 aromatic heterocycles. The van der Waals surface area contributed by atoms with Crippen molar-refractivity contribution in [3.05, 3.63) is 77.6 Å². The van der Waals surface area contributed by atoms with Gasteiger partial charge in [0.25, 0.3) is 11.8 Å². The Morgan fingerprint density at radius 2 is 1.62 bits per heavy atom. The molecule has 9 heteroatoms. The van der Waals surface area contributed by atoms with Crippen molar-refractivity contribution in [2.24, 2.45) is 0 Å². The van der Waals surface area contributed by atoms with Crippen LogP contribution in [0.15, 0.2) is 60.9 Å². The fourth-order valence-electron chi connectivity index (χ4n) is 3.41. The molecule has 0 spiro atoms. The molecule has 0 aliphatic carbocycles. The van der Waals surface area contributed by atoms with Crippen LogP contribution in [0.25, 0.3) is 0 Å². The maximum Gasteiger partial charge on any atom is 0.259 e. The molecule has 0 unspecified atom stereocenters. The highest BCUT2D eigenvalue weighted by atomic mass is 16.5. The van der Waals surface area contributed by atoms with Gasteiger partial charge >= 0.3 is 0 Å². The number of carbonyl (C=O) groups excluding carboxylic acids is 3. The SMILES string of the molecule is COc1ccc(C(=O)Nc2cnccc2NC(=O)c2ccc(C(C)(C)C)cc2OCCNC(C)=O)cc1. The van der Waals surface area contributed by atoms with Gasteiger partial charge in [-0.3, -0.25) is 19.4 Å². The monoisotopic (exact) mass is 504 g/mol. The van der Waals surface area contributed by atoms with Gasteiger partial charge in [0.2, 0.25) is 5.91 Å². The largest absolute Gasteiger partial charge is 0.497 e. The normalized spacial score (nSPS) is 10.8.